The van der Waals surface area contributed by atoms with Crippen LogP contribution < -0.4 is 10.1 Å². The second kappa shape index (κ2) is 6.73. The number of hydrogen-bond donors (Lipinski definition) is 1. The van der Waals surface area contributed by atoms with Crippen LogP contribution in [0.15, 0.2) is 48.8 Å². The molecule has 0 unspecified atom stereocenters. The first-order valence-corrected chi connectivity index (χ1v) is 9.48. The topological polar surface area (TPSA) is 86.3 Å². The summed E-state index contributed by atoms with van der Waals surface area (Å²) >= 11 is 0. The number of aromatic nitrogens is 5. The van der Waals surface area contributed by atoms with Gasteiger partial charge in [0.25, 0.3) is 5.91 Å². The van der Waals surface area contributed by atoms with Crippen molar-refractivity contribution in [3.63, 3.8) is 0 Å². The zero-order chi connectivity index (χ0) is 20.0. The number of nitrogens with zero attached hydrogens (tertiary/aromatic N) is 5. The van der Waals surface area contributed by atoms with Crippen molar-refractivity contribution < 1.29 is 9.53 Å². The van der Waals surface area contributed by atoms with E-state index in [1.54, 1.807) is 27.7 Å². The molecule has 1 aliphatic heterocycles. The number of fused-ring (bicyclic) bond motifs is 2. The number of hydrogen-bond acceptors (Lipinski definition) is 5. The van der Waals surface area contributed by atoms with Gasteiger partial charge in [0, 0.05) is 42.6 Å². The van der Waals surface area contributed by atoms with Gasteiger partial charge in [0.2, 0.25) is 0 Å². The van der Waals surface area contributed by atoms with Crippen molar-refractivity contribution in [2.75, 3.05) is 6.61 Å². The number of aryl methyl sites for hydroxylation is 1. The van der Waals surface area contributed by atoms with E-state index in [4.69, 9.17) is 4.74 Å². The molecule has 0 spiro atoms. The van der Waals surface area contributed by atoms with Gasteiger partial charge >= 0.3 is 0 Å². The summed E-state index contributed by atoms with van der Waals surface area (Å²) in [4.78, 5) is 17.3. The maximum atomic E-state index is 12.9. The van der Waals surface area contributed by atoms with Crippen molar-refractivity contribution in [1.29, 1.82) is 0 Å². The molecule has 1 N–H and O–H groups in total. The molecular weight excluding hydrogens is 368 g/mol. The van der Waals surface area contributed by atoms with Crippen LogP contribution in [0.3, 0.4) is 0 Å². The normalized spacial score (nSPS) is 15.7. The highest BCUT2D eigenvalue weighted by molar-refractivity contribution is 5.93. The van der Waals surface area contributed by atoms with Crippen LogP contribution in [0.1, 0.15) is 34.2 Å². The van der Waals surface area contributed by atoms with Crippen molar-refractivity contribution in [3.05, 3.63) is 65.7 Å². The summed E-state index contributed by atoms with van der Waals surface area (Å²) in [7, 11) is 1.89. The molecule has 146 valence electrons. The summed E-state index contributed by atoms with van der Waals surface area (Å²) in [5, 5.41) is 11.9. The molecule has 0 bridgehead atoms. The minimum atomic E-state index is -0.230. The lowest BCUT2D eigenvalue weighted by Crippen LogP contribution is -2.32. The molecule has 29 heavy (non-hydrogen) atoms. The van der Waals surface area contributed by atoms with Crippen LogP contribution in [0.5, 0.6) is 5.75 Å². The van der Waals surface area contributed by atoms with E-state index in [9.17, 15) is 4.79 Å². The summed E-state index contributed by atoms with van der Waals surface area (Å²) in [5.41, 5.74) is 4.74. The van der Waals surface area contributed by atoms with E-state index in [2.05, 4.69) is 20.5 Å². The highest BCUT2D eigenvalue weighted by atomic mass is 16.5. The number of rotatable bonds is 3. The molecule has 5 rings (SSSR count). The highest BCUT2D eigenvalue weighted by Gasteiger charge is 2.24. The molecule has 4 aromatic rings. The molecule has 0 saturated heterocycles. The third-order valence-corrected chi connectivity index (χ3v) is 5.37. The Labute approximate surface area is 167 Å². The number of carbonyl (C=O) groups is 1. The van der Waals surface area contributed by atoms with Gasteiger partial charge in [-0.05, 0) is 19.1 Å². The van der Waals surface area contributed by atoms with Crippen LogP contribution in [-0.4, -0.2) is 36.9 Å². The maximum absolute atomic E-state index is 12.9. The van der Waals surface area contributed by atoms with Crippen LogP contribution in [0.25, 0.3) is 16.9 Å². The van der Waals surface area contributed by atoms with Crippen molar-refractivity contribution in [1.82, 2.24) is 29.7 Å². The second-order valence-corrected chi connectivity index (χ2v) is 7.10. The molecule has 0 fully saturated rings. The van der Waals surface area contributed by atoms with Crippen molar-refractivity contribution in [2.24, 2.45) is 7.05 Å². The molecule has 3 aromatic heterocycles. The highest BCUT2D eigenvalue weighted by Crippen LogP contribution is 2.31. The van der Waals surface area contributed by atoms with Crippen molar-refractivity contribution >= 4 is 11.6 Å². The van der Waals surface area contributed by atoms with Gasteiger partial charge in [-0.15, -0.1) is 0 Å². The van der Waals surface area contributed by atoms with Gasteiger partial charge < -0.3 is 10.1 Å². The van der Waals surface area contributed by atoms with E-state index >= 15 is 0 Å². The SMILES string of the molecule is Cc1c(-c2ccnc3cc(C(=O)N[C@H]4CCOc5ccccc54)nn23)cnn1C. The molecule has 8 heteroatoms. The summed E-state index contributed by atoms with van der Waals surface area (Å²) < 4.78 is 9.18. The Balaban J connectivity index is 1.48. The predicted octanol–water partition coefficient (Wildman–Crippen LogP) is 2.69. The first-order valence-electron chi connectivity index (χ1n) is 9.48. The second-order valence-electron chi connectivity index (χ2n) is 7.10. The van der Waals surface area contributed by atoms with E-state index in [0.717, 1.165) is 28.3 Å². The lowest BCUT2D eigenvalue weighted by molar-refractivity contribution is 0.0919. The lowest BCUT2D eigenvalue weighted by Gasteiger charge is -2.26. The minimum absolute atomic E-state index is 0.106. The third-order valence-electron chi connectivity index (χ3n) is 5.37. The number of benzene rings is 1. The molecule has 4 heterocycles. The van der Waals surface area contributed by atoms with Crippen LogP contribution in [0.2, 0.25) is 0 Å². The largest absolute Gasteiger partial charge is 0.493 e. The van der Waals surface area contributed by atoms with E-state index in [0.29, 0.717) is 24.4 Å². The summed E-state index contributed by atoms with van der Waals surface area (Å²) in [6, 6.07) is 11.3. The third kappa shape index (κ3) is 2.93. The van der Waals surface area contributed by atoms with Crippen molar-refractivity contribution in [2.45, 2.75) is 19.4 Å². The van der Waals surface area contributed by atoms with Gasteiger partial charge in [-0.1, -0.05) is 18.2 Å². The summed E-state index contributed by atoms with van der Waals surface area (Å²) in [6.07, 6.45) is 4.23. The number of amides is 1. The molecule has 1 aromatic carbocycles. The average Bonchev–Trinajstić information content (AvgIpc) is 3.32. The summed E-state index contributed by atoms with van der Waals surface area (Å²) in [5.74, 6) is 0.584. The number of nitrogens with one attached hydrogen (secondary N) is 1. The number of carbonyl (C=O) groups excluding carboxylic acids is 1. The minimum Gasteiger partial charge on any atom is -0.493 e. The van der Waals surface area contributed by atoms with Crippen LogP contribution >= 0.6 is 0 Å². The Morgan fingerprint density at radius 1 is 1.28 bits per heavy atom. The van der Waals surface area contributed by atoms with Gasteiger partial charge in [-0.25, -0.2) is 9.50 Å². The standard InChI is InChI=1S/C21H20N6O2/c1-13-15(12-23-26(13)2)18-7-9-22-20-11-17(25-27(18)20)21(28)24-16-8-10-29-19-6-4-3-5-14(16)19/h3-7,9,11-12,16H,8,10H2,1-2H3,(H,24,28)/t16-/m0/s1. The zero-order valence-electron chi connectivity index (χ0n) is 16.2. The van der Waals surface area contributed by atoms with E-state index in [-0.39, 0.29) is 11.9 Å². The maximum Gasteiger partial charge on any atom is 0.272 e. The molecule has 0 saturated carbocycles. The van der Waals surface area contributed by atoms with Gasteiger partial charge in [0.15, 0.2) is 11.3 Å². The lowest BCUT2D eigenvalue weighted by atomic mass is 10.0. The summed E-state index contributed by atoms with van der Waals surface area (Å²) in [6.45, 7) is 2.56. The van der Waals surface area contributed by atoms with Gasteiger partial charge in [-0.2, -0.15) is 10.2 Å². The van der Waals surface area contributed by atoms with Crippen LogP contribution in [0.4, 0.5) is 0 Å². The molecule has 0 radical (unpaired) electrons. The average molecular weight is 388 g/mol. The van der Waals surface area contributed by atoms with Gasteiger partial charge in [-0.3, -0.25) is 9.48 Å². The number of ether oxygens (including phenoxy) is 1. The molecular formula is C21H20N6O2. The quantitative estimate of drug-likeness (QED) is 0.583. The fourth-order valence-electron chi connectivity index (χ4n) is 3.68. The Bertz CT molecular complexity index is 1230. The van der Waals surface area contributed by atoms with Crippen LogP contribution in [0, 0.1) is 6.92 Å². The Morgan fingerprint density at radius 3 is 2.97 bits per heavy atom. The first kappa shape index (κ1) is 17.4. The van der Waals surface area contributed by atoms with Crippen LogP contribution in [-0.2, 0) is 7.05 Å². The molecule has 1 atom stereocenters. The van der Waals surface area contributed by atoms with Gasteiger partial charge in [0.05, 0.1) is 24.5 Å². The molecule has 1 amide bonds. The van der Waals surface area contributed by atoms with Crippen molar-refractivity contribution in [3.8, 4) is 17.0 Å². The molecule has 0 aliphatic carbocycles. The monoisotopic (exact) mass is 388 g/mol. The zero-order valence-corrected chi connectivity index (χ0v) is 16.2. The van der Waals surface area contributed by atoms with E-state index in [1.807, 2.05) is 44.3 Å². The fraction of sp³-hybridized carbons (Fsp3) is 0.238. The Morgan fingerprint density at radius 2 is 2.14 bits per heavy atom. The Kier molecular flexibility index (Phi) is 4.04. The fourth-order valence-corrected chi connectivity index (χ4v) is 3.68. The molecule has 1 aliphatic rings. The first-order chi connectivity index (χ1) is 14.1. The molecule has 8 nitrogen and oxygen atoms in total. The number of para-hydroxylation sites is 1. The van der Waals surface area contributed by atoms with Gasteiger partial charge in [0.1, 0.15) is 5.75 Å². The van der Waals surface area contributed by atoms with E-state index < -0.39 is 0 Å². The Hall–Kier alpha value is -3.68. The smallest absolute Gasteiger partial charge is 0.272 e. The van der Waals surface area contributed by atoms with E-state index in [1.165, 1.54) is 0 Å². The predicted molar refractivity (Wildman–Crippen MR) is 107 cm³/mol.